The normalized spacial score (nSPS) is 9.73. The van der Waals surface area contributed by atoms with Crippen LogP contribution in [-0.2, 0) is 4.74 Å². The van der Waals surface area contributed by atoms with Gasteiger partial charge < -0.3 is 10.5 Å². The van der Waals surface area contributed by atoms with Crippen LogP contribution >= 0.6 is 22.6 Å². The Morgan fingerprint density at radius 1 is 1.33 bits per heavy atom. The maximum Gasteiger partial charge on any atom is 0.338 e. The molecule has 0 aromatic heterocycles. The van der Waals surface area contributed by atoms with Gasteiger partial charge in [-0.25, -0.2) is 4.79 Å². The van der Waals surface area contributed by atoms with E-state index in [9.17, 15) is 9.59 Å². The van der Waals surface area contributed by atoms with Crippen LogP contribution in [0.3, 0.4) is 0 Å². The molecule has 0 heterocycles. The molecule has 2 N–H and O–H groups in total. The van der Waals surface area contributed by atoms with Gasteiger partial charge in [0.05, 0.1) is 12.2 Å². The molecule has 0 saturated carbocycles. The molecule has 0 unspecified atom stereocenters. The van der Waals surface area contributed by atoms with Gasteiger partial charge in [-0.05, 0) is 47.7 Å². The summed E-state index contributed by atoms with van der Waals surface area (Å²) >= 11 is 2.01. The third-order valence-electron chi connectivity index (χ3n) is 1.69. The zero-order chi connectivity index (χ0) is 11.4. The van der Waals surface area contributed by atoms with Crippen LogP contribution < -0.4 is 5.73 Å². The molecule has 0 radical (unpaired) electrons. The number of carbonyl (C=O) groups excluding carboxylic acids is 2. The second-order valence-electron chi connectivity index (χ2n) is 2.81. The predicted molar refractivity (Wildman–Crippen MR) is 63.6 cm³/mol. The van der Waals surface area contributed by atoms with Crippen molar-refractivity contribution < 1.29 is 14.3 Å². The monoisotopic (exact) mass is 319 g/mol. The number of hydrogen-bond donors (Lipinski definition) is 1. The number of hydrogen-bond acceptors (Lipinski definition) is 3. The zero-order valence-electron chi connectivity index (χ0n) is 8.12. The second kappa shape index (κ2) is 5.11. The molecule has 0 aliphatic rings. The average Bonchev–Trinajstić information content (AvgIpc) is 2.17. The van der Waals surface area contributed by atoms with E-state index in [4.69, 9.17) is 10.5 Å². The van der Waals surface area contributed by atoms with E-state index in [2.05, 4.69) is 0 Å². The number of amides is 1. The Kier molecular flexibility index (Phi) is 4.07. The molecule has 0 bridgehead atoms. The van der Waals surface area contributed by atoms with Crippen LogP contribution in [0.2, 0.25) is 0 Å². The highest BCUT2D eigenvalue weighted by atomic mass is 127. The highest BCUT2D eigenvalue weighted by molar-refractivity contribution is 14.1. The molecule has 0 spiro atoms. The topological polar surface area (TPSA) is 69.4 Å². The number of esters is 1. The smallest absolute Gasteiger partial charge is 0.338 e. The lowest BCUT2D eigenvalue weighted by Crippen LogP contribution is -2.13. The average molecular weight is 319 g/mol. The van der Waals surface area contributed by atoms with Gasteiger partial charge in [-0.2, -0.15) is 0 Å². The molecule has 0 aliphatic heterocycles. The standard InChI is InChI=1S/C10H10INO3/c1-2-15-10(14)7-3-6(9(12)13)4-8(11)5-7/h3-5H,2H2,1H3,(H2,12,13). The van der Waals surface area contributed by atoms with Gasteiger partial charge in [-0.1, -0.05) is 0 Å². The van der Waals surface area contributed by atoms with E-state index in [1.807, 2.05) is 22.6 Å². The molecule has 0 saturated heterocycles. The number of primary amides is 1. The minimum absolute atomic E-state index is 0.302. The Bertz CT molecular complexity index is 404. The maximum atomic E-state index is 11.4. The molecular formula is C10H10INO3. The first kappa shape index (κ1) is 12.0. The highest BCUT2D eigenvalue weighted by Gasteiger charge is 2.10. The van der Waals surface area contributed by atoms with Crippen molar-refractivity contribution >= 4 is 34.5 Å². The molecule has 4 nitrogen and oxygen atoms in total. The van der Waals surface area contributed by atoms with E-state index in [0.29, 0.717) is 17.7 Å². The largest absolute Gasteiger partial charge is 0.462 e. The van der Waals surface area contributed by atoms with Gasteiger partial charge in [-0.3, -0.25) is 4.79 Å². The first-order valence-electron chi connectivity index (χ1n) is 4.32. The van der Waals surface area contributed by atoms with Crippen molar-refractivity contribution in [2.24, 2.45) is 5.73 Å². The zero-order valence-corrected chi connectivity index (χ0v) is 10.3. The summed E-state index contributed by atoms with van der Waals surface area (Å²) in [5, 5.41) is 0. The number of carbonyl (C=O) groups is 2. The van der Waals surface area contributed by atoms with Crippen molar-refractivity contribution in [3.8, 4) is 0 Å². The summed E-state index contributed by atoms with van der Waals surface area (Å²) in [6, 6.07) is 4.69. The molecule has 1 amide bonds. The van der Waals surface area contributed by atoms with Crippen molar-refractivity contribution in [3.63, 3.8) is 0 Å². The molecule has 80 valence electrons. The highest BCUT2D eigenvalue weighted by Crippen LogP contribution is 2.13. The number of ether oxygens (including phenoxy) is 1. The molecule has 0 atom stereocenters. The van der Waals surface area contributed by atoms with Gasteiger partial charge >= 0.3 is 5.97 Å². The Morgan fingerprint density at radius 3 is 2.47 bits per heavy atom. The summed E-state index contributed by atoms with van der Waals surface area (Å²) in [7, 11) is 0. The van der Waals surface area contributed by atoms with Crippen LogP contribution in [0.5, 0.6) is 0 Å². The van der Waals surface area contributed by atoms with E-state index in [0.717, 1.165) is 3.57 Å². The number of nitrogens with two attached hydrogens (primary N) is 1. The SMILES string of the molecule is CCOC(=O)c1cc(I)cc(C(N)=O)c1. The first-order valence-corrected chi connectivity index (χ1v) is 5.40. The van der Waals surface area contributed by atoms with Gasteiger partial charge in [-0.15, -0.1) is 0 Å². The summed E-state index contributed by atoms with van der Waals surface area (Å²) < 4.78 is 5.59. The second-order valence-corrected chi connectivity index (χ2v) is 4.06. The van der Waals surface area contributed by atoms with Crippen molar-refractivity contribution in [1.82, 2.24) is 0 Å². The van der Waals surface area contributed by atoms with Crippen LogP contribution in [0.4, 0.5) is 0 Å². The summed E-state index contributed by atoms with van der Waals surface area (Å²) in [5.41, 5.74) is 5.79. The summed E-state index contributed by atoms with van der Waals surface area (Å²) in [4.78, 5) is 22.3. The maximum absolute atomic E-state index is 11.4. The fourth-order valence-electron chi connectivity index (χ4n) is 1.06. The fourth-order valence-corrected chi connectivity index (χ4v) is 1.74. The number of rotatable bonds is 3. The fraction of sp³-hybridized carbons (Fsp3) is 0.200. The number of benzene rings is 1. The van der Waals surface area contributed by atoms with Crippen LogP contribution in [0.1, 0.15) is 27.6 Å². The minimum Gasteiger partial charge on any atom is -0.462 e. The lowest BCUT2D eigenvalue weighted by atomic mass is 10.1. The van der Waals surface area contributed by atoms with Crippen molar-refractivity contribution in [3.05, 3.63) is 32.9 Å². The van der Waals surface area contributed by atoms with Crippen LogP contribution in [-0.4, -0.2) is 18.5 Å². The summed E-state index contributed by atoms with van der Waals surface area (Å²) in [5.74, 6) is -1.00. The van der Waals surface area contributed by atoms with Crippen molar-refractivity contribution in [2.75, 3.05) is 6.61 Å². The summed E-state index contributed by atoms with van der Waals surface area (Å²) in [6.45, 7) is 2.02. The Balaban J connectivity index is 3.09. The molecule has 1 aromatic carbocycles. The van der Waals surface area contributed by atoms with Crippen LogP contribution in [0, 0.1) is 3.57 Å². The predicted octanol–water partition coefficient (Wildman–Crippen LogP) is 1.57. The Hall–Kier alpha value is -1.11. The van der Waals surface area contributed by atoms with E-state index >= 15 is 0 Å². The lowest BCUT2D eigenvalue weighted by molar-refractivity contribution is 0.0526. The molecule has 0 fully saturated rings. The molecule has 1 rings (SSSR count). The third-order valence-corrected chi connectivity index (χ3v) is 2.32. The van der Waals surface area contributed by atoms with E-state index in [-0.39, 0.29) is 0 Å². The quantitative estimate of drug-likeness (QED) is 0.679. The molecular weight excluding hydrogens is 309 g/mol. The lowest BCUT2D eigenvalue weighted by Gasteiger charge is -2.04. The van der Waals surface area contributed by atoms with Crippen LogP contribution in [0.25, 0.3) is 0 Å². The van der Waals surface area contributed by atoms with Gasteiger partial charge in [0, 0.05) is 9.13 Å². The van der Waals surface area contributed by atoms with E-state index in [1.54, 1.807) is 19.1 Å². The van der Waals surface area contributed by atoms with E-state index in [1.165, 1.54) is 6.07 Å². The van der Waals surface area contributed by atoms with Gasteiger partial charge in [0.25, 0.3) is 0 Å². The molecule has 5 heteroatoms. The third kappa shape index (κ3) is 3.19. The first-order chi connectivity index (χ1) is 7.04. The van der Waals surface area contributed by atoms with Crippen molar-refractivity contribution in [1.29, 1.82) is 0 Å². The van der Waals surface area contributed by atoms with Gasteiger partial charge in [0.1, 0.15) is 0 Å². The van der Waals surface area contributed by atoms with Gasteiger partial charge in [0.2, 0.25) is 5.91 Å². The molecule has 15 heavy (non-hydrogen) atoms. The minimum atomic E-state index is -0.556. The Labute approximate surface area is 101 Å². The molecule has 0 aliphatic carbocycles. The van der Waals surface area contributed by atoms with Crippen molar-refractivity contribution in [2.45, 2.75) is 6.92 Å². The summed E-state index contributed by atoms with van der Waals surface area (Å²) in [6.07, 6.45) is 0. The number of halogens is 1. The van der Waals surface area contributed by atoms with Gasteiger partial charge in [0.15, 0.2) is 0 Å². The molecule has 1 aromatic rings. The Morgan fingerprint density at radius 2 is 1.93 bits per heavy atom. The van der Waals surface area contributed by atoms with E-state index < -0.39 is 11.9 Å². The van der Waals surface area contributed by atoms with Crippen LogP contribution in [0.15, 0.2) is 18.2 Å².